The summed E-state index contributed by atoms with van der Waals surface area (Å²) >= 11 is 0. The molecule has 0 bridgehead atoms. The van der Waals surface area contributed by atoms with Gasteiger partial charge in [0.05, 0.1) is 6.61 Å². The number of unbranched alkanes of at least 4 members (excludes halogenated alkanes) is 2. The fourth-order valence-electron chi connectivity index (χ4n) is 6.06. The highest BCUT2D eigenvalue weighted by Crippen LogP contribution is 2.42. The Kier molecular flexibility index (Phi) is 9.14. The van der Waals surface area contributed by atoms with E-state index in [9.17, 15) is 8.78 Å². The van der Waals surface area contributed by atoms with Crippen molar-refractivity contribution in [2.75, 3.05) is 6.61 Å². The van der Waals surface area contributed by atoms with Crippen molar-refractivity contribution in [1.82, 2.24) is 0 Å². The largest absolute Gasteiger partial charge is 0.491 e. The van der Waals surface area contributed by atoms with Gasteiger partial charge in [-0.2, -0.15) is 4.39 Å². The van der Waals surface area contributed by atoms with Crippen LogP contribution in [0.1, 0.15) is 112 Å². The van der Waals surface area contributed by atoms with Crippen LogP contribution < -0.4 is 4.74 Å². The number of halogens is 4. The first kappa shape index (κ1) is 26.8. The fourth-order valence-corrected chi connectivity index (χ4v) is 6.06. The quantitative estimate of drug-likeness (QED) is 0.188. The van der Waals surface area contributed by atoms with Crippen molar-refractivity contribution in [1.29, 1.82) is 0 Å². The molecule has 0 aliphatic heterocycles. The summed E-state index contributed by atoms with van der Waals surface area (Å²) in [6.07, 6.45) is 13.7. The summed E-state index contributed by atoms with van der Waals surface area (Å²) in [5.74, 6) is -3.26. The molecule has 0 heterocycles. The highest BCUT2D eigenvalue weighted by atomic mass is 19.2. The highest BCUT2D eigenvalue weighted by Gasteiger charge is 2.29. The van der Waals surface area contributed by atoms with Crippen LogP contribution in [0, 0.1) is 29.2 Å². The minimum absolute atomic E-state index is 0.0831. The van der Waals surface area contributed by atoms with E-state index in [1.807, 2.05) is 0 Å². The molecular formula is C31H38F4O. The summed E-state index contributed by atoms with van der Waals surface area (Å²) in [4.78, 5) is 0. The molecule has 196 valence electrons. The van der Waals surface area contributed by atoms with E-state index in [0.717, 1.165) is 25.7 Å². The molecule has 2 atom stereocenters. The summed E-state index contributed by atoms with van der Waals surface area (Å²) < 4.78 is 64.5. The lowest BCUT2D eigenvalue weighted by Gasteiger charge is -2.30. The Hall–Kier alpha value is -2.30. The Morgan fingerprint density at radius 1 is 0.667 bits per heavy atom. The van der Waals surface area contributed by atoms with E-state index < -0.39 is 23.3 Å². The van der Waals surface area contributed by atoms with Gasteiger partial charge in [-0.3, -0.25) is 0 Å². The smallest absolute Gasteiger partial charge is 0.200 e. The van der Waals surface area contributed by atoms with Gasteiger partial charge < -0.3 is 4.74 Å². The first-order chi connectivity index (χ1) is 17.4. The minimum Gasteiger partial charge on any atom is -0.491 e. The zero-order valence-electron chi connectivity index (χ0n) is 21.5. The first-order valence-electron chi connectivity index (χ1n) is 13.7. The second-order valence-corrected chi connectivity index (χ2v) is 10.5. The maximum Gasteiger partial charge on any atom is 0.200 e. The average Bonchev–Trinajstić information content (AvgIpc) is 2.90. The van der Waals surface area contributed by atoms with E-state index in [1.165, 1.54) is 31.7 Å². The van der Waals surface area contributed by atoms with Gasteiger partial charge >= 0.3 is 0 Å². The van der Waals surface area contributed by atoms with Gasteiger partial charge in [-0.1, -0.05) is 63.0 Å². The van der Waals surface area contributed by atoms with Crippen LogP contribution in [0.4, 0.5) is 17.6 Å². The molecule has 2 unspecified atom stereocenters. The number of ether oxygens (including phenoxy) is 1. The van der Waals surface area contributed by atoms with Gasteiger partial charge in [0.25, 0.3) is 0 Å². The second-order valence-electron chi connectivity index (χ2n) is 10.5. The Bertz CT molecular complexity index is 1060. The van der Waals surface area contributed by atoms with Crippen molar-refractivity contribution in [2.45, 2.75) is 95.8 Å². The lowest BCUT2D eigenvalue weighted by molar-refractivity contribution is 0.297. The van der Waals surface area contributed by atoms with Crippen molar-refractivity contribution in [3.05, 3.63) is 76.4 Å². The van der Waals surface area contributed by atoms with Crippen molar-refractivity contribution in [3.8, 4) is 5.75 Å². The molecule has 4 rings (SSSR count). The van der Waals surface area contributed by atoms with E-state index in [0.29, 0.717) is 29.9 Å². The van der Waals surface area contributed by atoms with Crippen LogP contribution in [-0.2, 0) is 0 Å². The lowest BCUT2D eigenvalue weighted by Crippen LogP contribution is -2.16. The van der Waals surface area contributed by atoms with Gasteiger partial charge in [0.15, 0.2) is 23.2 Å². The minimum atomic E-state index is -0.983. The molecule has 0 N–H and O–H groups in total. The lowest BCUT2D eigenvalue weighted by atomic mass is 9.76. The monoisotopic (exact) mass is 502 g/mol. The number of hydrogen-bond donors (Lipinski definition) is 0. The molecular weight excluding hydrogens is 464 g/mol. The molecule has 2 aromatic rings. The maximum atomic E-state index is 15.2. The second kappa shape index (κ2) is 12.3. The van der Waals surface area contributed by atoms with Crippen LogP contribution in [0.15, 0.2) is 36.4 Å². The van der Waals surface area contributed by atoms with Gasteiger partial charge in [0, 0.05) is 11.8 Å². The molecule has 0 amide bonds. The summed E-state index contributed by atoms with van der Waals surface area (Å²) in [6, 6.07) is 6.50. The molecule has 2 aliphatic rings. The molecule has 2 aromatic carbocycles. The summed E-state index contributed by atoms with van der Waals surface area (Å²) in [5, 5.41) is 0. The predicted molar refractivity (Wildman–Crippen MR) is 137 cm³/mol. The van der Waals surface area contributed by atoms with Gasteiger partial charge in [-0.05, 0) is 80.0 Å². The van der Waals surface area contributed by atoms with E-state index in [2.05, 4.69) is 6.92 Å². The van der Waals surface area contributed by atoms with E-state index in [1.54, 1.807) is 37.3 Å². The van der Waals surface area contributed by atoms with Crippen LogP contribution in [0.2, 0.25) is 0 Å². The molecule has 1 saturated carbocycles. The fraction of sp³-hybridized carbons (Fsp3) is 0.548. The van der Waals surface area contributed by atoms with Crippen molar-refractivity contribution in [3.63, 3.8) is 0 Å². The molecule has 2 aliphatic carbocycles. The summed E-state index contributed by atoms with van der Waals surface area (Å²) in [5.41, 5.74) is 1.11. The first-order valence-corrected chi connectivity index (χ1v) is 13.7. The number of rotatable bonds is 9. The zero-order valence-corrected chi connectivity index (χ0v) is 21.5. The molecule has 5 heteroatoms. The Morgan fingerprint density at radius 3 is 1.81 bits per heavy atom. The molecule has 1 fully saturated rings. The molecule has 0 radical (unpaired) electrons. The van der Waals surface area contributed by atoms with Crippen LogP contribution in [0.3, 0.4) is 0 Å². The Balaban J connectivity index is 1.42. The highest BCUT2D eigenvalue weighted by molar-refractivity contribution is 5.38. The topological polar surface area (TPSA) is 9.23 Å². The van der Waals surface area contributed by atoms with Crippen molar-refractivity contribution in [2.24, 2.45) is 5.92 Å². The van der Waals surface area contributed by atoms with Crippen LogP contribution in [0.5, 0.6) is 5.75 Å². The van der Waals surface area contributed by atoms with E-state index >= 15 is 8.78 Å². The standard InChI is InChI=1S/C31H38F4O/c1-3-5-6-7-20-8-10-21(11-9-20)24-16-17-25(29(33)28(24)32)22-12-14-23(15-13-22)26-18-19-27(36-4-2)31(35)30(26)34/h12,14,16-23H,3-11,13,15H2,1-2H3. The Labute approximate surface area is 212 Å². The van der Waals surface area contributed by atoms with E-state index in [4.69, 9.17) is 4.74 Å². The van der Waals surface area contributed by atoms with Crippen LogP contribution in [0.25, 0.3) is 0 Å². The molecule has 1 nitrogen and oxygen atoms in total. The Morgan fingerprint density at radius 2 is 1.22 bits per heavy atom. The van der Waals surface area contributed by atoms with E-state index in [-0.39, 0.29) is 35.7 Å². The SMILES string of the molecule is CCCCCC1CCC(c2ccc(C3C=CC(c4ccc(OCC)c(F)c4F)CC3)c(F)c2F)CC1. The average molecular weight is 503 g/mol. The number of allylic oxidation sites excluding steroid dienone is 2. The van der Waals surface area contributed by atoms with Gasteiger partial charge in [-0.15, -0.1) is 0 Å². The van der Waals surface area contributed by atoms with Crippen LogP contribution >= 0.6 is 0 Å². The molecule has 36 heavy (non-hydrogen) atoms. The molecule has 0 spiro atoms. The number of hydrogen-bond acceptors (Lipinski definition) is 1. The molecule has 0 saturated heterocycles. The summed E-state index contributed by atoms with van der Waals surface area (Å²) in [7, 11) is 0. The van der Waals surface area contributed by atoms with Crippen LogP contribution in [-0.4, -0.2) is 6.61 Å². The third kappa shape index (κ3) is 5.81. The van der Waals surface area contributed by atoms with Crippen molar-refractivity contribution < 1.29 is 22.3 Å². The van der Waals surface area contributed by atoms with Gasteiger partial charge in [-0.25, -0.2) is 13.2 Å². The van der Waals surface area contributed by atoms with Gasteiger partial charge in [0.2, 0.25) is 5.82 Å². The summed E-state index contributed by atoms with van der Waals surface area (Å²) in [6.45, 7) is 4.17. The van der Waals surface area contributed by atoms with Gasteiger partial charge in [0.1, 0.15) is 0 Å². The van der Waals surface area contributed by atoms with Crippen molar-refractivity contribution >= 4 is 0 Å². The normalized spacial score (nSPS) is 24.2. The zero-order chi connectivity index (χ0) is 25.7. The maximum absolute atomic E-state index is 15.2. The third-order valence-electron chi connectivity index (χ3n) is 8.18. The molecule has 0 aromatic heterocycles. The third-order valence-corrected chi connectivity index (χ3v) is 8.18. The number of benzene rings is 2. The predicted octanol–water partition coefficient (Wildman–Crippen LogP) is 9.71.